The maximum atomic E-state index is 12.8. The van der Waals surface area contributed by atoms with Gasteiger partial charge in [0.25, 0.3) is 11.5 Å². The number of hydrogen-bond acceptors (Lipinski definition) is 4. The maximum Gasteiger partial charge on any atom is 0.389 e. The first-order valence-corrected chi connectivity index (χ1v) is 8.71. The molecular formula is C17H17F3N6O2. The number of halogens is 3. The van der Waals surface area contributed by atoms with Gasteiger partial charge in [0.2, 0.25) is 5.95 Å². The van der Waals surface area contributed by atoms with E-state index < -0.39 is 18.5 Å². The van der Waals surface area contributed by atoms with Gasteiger partial charge in [-0.15, -0.1) is 5.10 Å². The molecule has 1 unspecified atom stereocenters. The molecule has 3 aromatic heterocycles. The van der Waals surface area contributed by atoms with Crippen LogP contribution in [0.2, 0.25) is 0 Å². The number of rotatable bonds is 3. The third-order valence-corrected chi connectivity index (χ3v) is 4.92. The van der Waals surface area contributed by atoms with Crippen molar-refractivity contribution >= 4 is 11.4 Å². The van der Waals surface area contributed by atoms with Crippen LogP contribution in [-0.4, -0.2) is 54.5 Å². The minimum atomic E-state index is -4.24. The first kappa shape index (κ1) is 18.3. The second-order valence-corrected chi connectivity index (χ2v) is 6.90. The predicted octanol–water partition coefficient (Wildman–Crippen LogP) is 1.93. The van der Waals surface area contributed by atoms with E-state index in [-0.39, 0.29) is 36.1 Å². The van der Waals surface area contributed by atoms with E-state index in [4.69, 9.17) is 0 Å². The molecule has 28 heavy (non-hydrogen) atoms. The van der Waals surface area contributed by atoms with Crippen LogP contribution < -0.4 is 5.56 Å². The topological polar surface area (TPSA) is 88.3 Å². The van der Waals surface area contributed by atoms with Crippen LogP contribution >= 0.6 is 0 Å². The Morgan fingerprint density at radius 3 is 2.93 bits per heavy atom. The molecule has 3 aromatic rings. The highest BCUT2D eigenvalue weighted by atomic mass is 19.4. The van der Waals surface area contributed by atoms with E-state index >= 15 is 0 Å². The summed E-state index contributed by atoms with van der Waals surface area (Å²) in [6.07, 6.45) is -1.85. The smallest absolute Gasteiger partial charge is 0.338 e. The zero-order valence-electron chi connectivity index (χ0n) is 14.9. The van der Waals surface area contributed by atoms with Crippen molar-refractivity contribution in [1.82, 2.24) is 29.3 Å². The maximum absolute atomic E-state index is 12.8. The van der Waals surface area contributed by atoms with Gasteiger partial charge >= 0.3 is 6.18 Å². The summed E-state index contributed by atoms with van der Waals surface area (Å²) in [6, 6.07) is 3.29. The van der Waals surface area contributed by atoms with Gasteiger partial charge in [-0.2, -0.15) is 18.3 Å². The normalized spacial score (nSPS) is 17.6. The van der Waals surface area contributed by atoms with Gasteiger partial charge in [0.15, 0.2) is 0 Å². The fraction of sp³-hybridized carbons (Fsp3) is 0.412. The van der Waals surface area contributed by atoms with Crippen LogP contribution in [0.3, 0.4) is 0 Å². The van der Waals surface area contributed by atoms with Crippen LogP contribution in [0.5, 0.6) is 0 Å². The van der Waals surface area contributed by atoms with E-state index in [1.165, 1.54) is 20.3 Å². The first-order valence-electron chi connectivity index (χ1n) is 8.71. The Bertz CT molecular complexity index is 1100. The average Bonchev–Trinajstić information content (AvgIpc) is 3.32. The van der Waals surface area contributed by atoms with Crippen molar-refractivity contribution in [2.45, 2.75) is 25.9 Å². The lowest BCUT2D eigenvalue weighted by Crippen LogP contribution is -2.29. The monoisotopic (exact) mass is 394 g/mol. The highest BCUT2D eigenvalue weighted by Gasteiger charge is 2.37. The summed E-state index contributed by atoms with van der Waals surface area (Å²) in [4.78, 5) is 28.9. The third kappa shape index (κ3) is 3.27. The summed E-state index contributed by atoms with van der Waals surface area (Å²) in [6.45, 7) is 1.98. The summed E-state index contributed by atoms with van der Waals surface area (Å²) < 4.78 is 40.5. The van der Waals surface area contributed by atoms with Crippen molar-refractivity contribution in [3.8, 4) is 5.95 Å². The molecule has 4 heterocycles. The molecule has 1 fully saturated rings. The van der Waals surface area contributed by atoms with E-state index in [1.807, 2.05) is 0 Å². The number of nitrogens with one attached hydrogen (secondary N) is 1. The van der Waals surface area contributed by atoms with Crippen LogP contribution in [0, 0.1) is 12.8 Å². The fourth-order valence-corrected chi connectivity index (χ4v) is 3.54. The third-order valence-electron chi connectivity index (χ3n) is 4.92. The Morgan fingerprint density at radius 1 is 1.39 bits per heavy atom. The van der Waals surface area contributed by atoms with Crippen LogP contribution in [0.25, 0.3) is 11.5 Å². The molecule has 0 aromatic carbocycles. The van der Waals surface area contributed by atoms with Crippen molar-refractivity contribution in [3.63, 3.8) is 0 Å². The van der Waals surface area contributed by atoms with E-state index in [0.29, 0.717) is 17.6 Å². The first-order chi connectivity index (χ1) is 13.2. The number of fused-ring (bicyclic) bond motifs is 1. The molecule has 1 aliphatic heterocycles. The van der Waals surface area contributed by atoms with Gasteiger partial charge in [0.1, 0.15) is 5.52 Å². The Balaban J connectivity index is 1.58. The lowest BCUT2D eigenvalue weighted by molar-refractivity contribution is -0.143. The van der Waals surface area contributed by atoms with E-state index in [0.717, 1.165) is 0 Å². The molecule has 1 N–H and O–H groups in total. The van der Waals surface area contributed by atoms with Gasteiger partial charge in [0, 0.05) is 25.7 Å². The van der Waals surface area contributed by atoms with Crippen LogP contribution in [-0.2, 0) is 0 Å². The minimum absolute atomic E-state index is 0.0629. The standard InChI is InChI=1S/C17H17F3N6O2/c1-10-12(15(28)24-6-4-11(9-24)7-17(18,19)20)8-21-26(10)16-22-14(27)13-3-2-5-25(13)23-16/h2-3,5,8,11H,4,6-7,9H2,1H3,(H,22,23,27). The Morgan fingerprint density at radius 2 is 2.18 bits per heavy atom. The molecule has 0 radical (unpaired) electrons. The molecule has 11 heteroatoms. The summed E-state index contributed by atoms with van der Waals surface area (Å²) >= 11 is 0. The number of amides is 1. The Labute approximate surface area is 156 Å². The van der Waals surface area contributed by atoms with E-state index in [9.17, 15) is 22.8 Å². The summed E-state index contributed by atoms with van der Waals surface area (Å²) in [5, 5.41) is 8.39. The van der Waals surface area contributed by atoms with E-state index in [2.05, 4.69) is 15.2 Å². The number of aromatic nitrogens is 5. The average molecular weight is 394 g/mol. The molecule has 0 saturated carbocycles. The SMILES string of the molecule is Cc1c(C(=O)N2CCC(CC(F)(F)F)C2)cnn1-c1nn2cccc2c(=O)[nH]1. The van der Waals surface area contributed by atoms with Crippen molar-refractivity contribution < 1.29 is 18.0 Å². The highest BCUT2D eigenvalue weighted by molar-refractivity contribution is 5.95. The molecule has 0 aliphatic carbocycles. The molecule has 0 spiro atoms. The number of H-pyrrole nitrogens is 1. The molecular weight excluding hydrogens is 377 g/mol. The second-order valence-electron chi connectivity index (χ2n) is 6.90. The minimum Gasteiger partial charge on any atom is -0.338 e. The number of aromatic amines is 1. The lowest BCUT2D eigenvalue weighted by atomic mass is 10.1. The largest absolute Gasteiger partial charge is 0.389 e. The van der Waals surface area contributed by atoms with Gasteiger partial charge in [-0.25, -0.2) is 9.20 Å². The van der Waals surface area contributed by atoms with Gasteiger partial charge in [-0.05, 0) is 31.4 Å². The Kier molecular flexibility index (Phi) is 4.24. The number of hydrogen-bond donors (Lipinski definition) is 1. The number of nitrogens with zero attached hydrogens (tertiary/aromatic N) is 5. The molecule has 1 amide bonds. The number of carbonyl (C=O) groups excluding carboxylic acids is 1. The molecule has 4 rings (SSSR count). The van der Waals surface area contributed by atoms with Crippen LogP contribution in [0.4, 0.5) is 13.2 Å². The number of carbonyl (C=O) groups is 1. The summed E-state index contributed by atoms with van der Waals surface area (Å²) in [5.41, 5.74) is 0.729. The molecule has 1 atom stereocenters. The quantitative estimate of drug-likeness (QED) is 0.735. The zero-order valence-corrected chi connectivity index (χ0v) is 14.9. The molecule has 8 nitrogen and oxygen atoms in total. The molecule has 0 bridgehead atoms. The Hall–Kier alpha value is -3.11. The fourth-order valence-electron chi connectivity index (χ4n) is 3.54. The van der Waals surface area contributed by atoms with Gasteiger partial charge < -0.3 is 4.90 Å². The summed E-state index contributed by atoms with van der Waals surface area (Å²) in [7, 11) is 0. The van der Waals surface area contributed by atoms with Crippen molar-refractivity contribution in [2.24, 2.45) is 5.92 Å². The highest BCUT2D eigenvalue weighted by Crippen LogP contribution is 2.31. The molecule has 1 saturated heterocycles. The van der Waals surface area contributed by atoms with Crippen molar-refractivity contribution in [2.75, 3.05) is 13.1 Å². The van der Waals surface area contributed by atoms with Crippen molar-refractivity contribution in [3.05, 3.63) is 46.1 Å². The molecule has 1 aliphatic rings. The zero-order chi connectivity index (χ0) is 20.1. The van der Waals surface area contributed by atoms with Crippen LogP contribution in [0.1, 0.15) is 28.9 Å². The second kappa shape index (κ2) is 6.50. The predicted molar refractivity (Wildman–Crippen MR) is 92.4 cm³/mol. The van der Waals surface area contributed by atoms with Crippen LogP contribution in [0.15, 0.2) is 29.3 Å². The summed E-state index contributed by atoms with van der Waals surface area (Å²) in [5.74, 6) is -0.826. The van der Waals surface area contributed by atoms with E-state index in [1.54, 1.807) is 25.3 Å². The number of likely N-dealkylation sites (tertiary alicyclic amines) is 1. The van der Waals surface area contributed by atoms with Gasteiger partial charge in [0.05, 0.1) is 17.5 Å². The molecule has 148 valence electrons. The number of alkyl halides is 3. The van der Waals surface area contributed by atoms with Gasteiger partial charge in [-0.1, -0.05) is 0 Å². The van der Waals surface area contributed by atoms with Gasteiger partial charge in [-0.3, -0.25) is 14.6 Å². The lowest BCUT2D eigenvalue weighted by Gasteiger charge is -2.17. The van der Waals surface area contributed by atoms with Crippen molar-refractivity contribution in [1.29, 1.82) is 0 Å².